The van der Waals surface area contributed by atoms with Gasteiger partial charge in [-0.05, 0) is 0 Å². The molecule has 0 saturated carbocycles. The SMILES string of the molecule is C[NH-].[CH2-]C.[CH2-]C.[CH2-]C.[NH]=[Ta]. The van der Waals surface area contributed by atoms with E-state index in [1.807, 2.05) is 0 Å². The van der Waals surface area contributed by atoms with Crippen molar-refractivity contribution in [1.29, 1.82) is 3.76 Å². The fourth-order valence-corrected chi connectivity index (χ4v) is 0. The average Bonchev–Trinajstić information content (AvgIpc) is 2.20. The van der Waals surface area contributed by atoms with E-state index in [2.05, 4.69) is 20.8 Å². The molecule has 0 amide bonds. The van der Waals surface area contributed by atoms with Crippen LogP contribution in [-0.4, -0.2) is 7.05 Å². The predicted molar refractivity (Wildman–Crippen MR) is 46.1 cm³/mol. The van der Waals surface area contributed by atoms with E-state index < -0.39 is 0 Å². The van der Waals surface area contributed by atoms with Gasteiger partial charge in [-0.1, -0.05) is 0 Å². The van der Waals surface area contributed by atoms with E-state index in [4.69, 9.17) is 9.49 Å². The summed E-state index contributed by atoms with van der Waals surface area (Å²) in [5.74, 6) is 0. The zero-order valence-electron chi connectivity index (χ0n) is 7.57. The quantitative estimate of drug-likeness (QED) is 0.666. The van der Waals surface area contributed by atoms with Gasteiger partial charge >= 0.3 is 24.6 Å². The maximum absolute atomic E-state index is 5.86. The van der Waals surface area contributed by atoms with Crippen LogP contribution in [0.1, 0.15) is 20.8 Å². The normalized spacial score (nSPS) is 2.70. The summed E-state index contributed by atoms with van der Waals surface area (Å²) >= 11 is 0.694. The molecular formula is C7H20N2Ta-4. The average molecular weight is 313 g/mol. The van der Waals surface area contributed by atoms with Crippen molar-refractivity contribution < 1.29 is 20.9 Å². The molecule has 3 heteroatoms. The molecule has 0 unspecified atom stereocenters. The molecule has 0 bridgehead atoms. The molecular weight excluding hydrogens is 293 g/mol. The van der Waals surface area contributed by atoms with Gasteiger partial charge in [-0.15, -0.1) is 0 Å². The van der Waals surface area contributed by atoms with E-state index >= 15 is 0 Å². The molecule has 67 valence electrons. The van der Waals surface area contributed by atoms with E-state index in [0.717, 1.165) is 0 Å². The Hall–Kier alpha value is 0.500. The van der Waals surface area contributed by atoms with Gasteiger partial charge in [0.05, 0.1) is 0 Å². The van der Waals surface area contributed by atoms with Crippen molar-refractivity contribution >= 4 is 0 Å². The summed E-state index contributed by atoms with van der Waals surface area (Å²) in [6, 6.07) is 0. The zero-order valence-corrected chi connectivity index (χ0v) is 10.8. The Bertz CT molecular complexity index is 11.6. The molecule has 0 aliphatic heterocycles. The van der Waals surface area contributed by atoms with Gasteiger partial charge in [0.25, 0.3) is 0 Å². The molecule has 0 aliphatic carbocycles. The first-order valence-electron chi connectivity index (χ1n) is 2.84. The van der Waals surface area contributed by atoms with E-state index in [1.54, 1.807) is 20.8 Å². The topological polar surface area (TPSA) is 47.7 Å². The molecule has 0 aromatic heterocycles. The summed E-state index contributed by atoms with van der Waals surface area (Å²) in [7, 11) is 1.25. The van der Waals surface area contributed by atoms with Crippen LogP contribution in [0.15, 0.2) is 0 Å². The van der Waals surface area contributed by atoms with Crippen molar-refractivity contribution in [2.75, 3.05) is 7.05 Å². The molecule has 0 aromatic carbocycles. The molecule has 0 heterocycles. The Kier molecular flexibility index (Phi) is 8590. The van der Waals surface area contributed by atoms with Gasteiger partial charge in [0, 0.05) is 0 Å². The fraction of sp³-hybridized carbons (Fsp3) is 0.571. The Morgan fingerprint density at radius 2 is 0.800 bits per heavy atom. The second-order valence-electron chi connectivity index (χ2n) is 0. The summed E-state index contributed by atoms with van der Waals surface area (Å²) in [6.07, 6.45) is 0. The molecule has 2 nitrogen and oxygen atoms in total. The van der Waals surface area contributed by atoms with Crippen LogP contribution in [-0.2, 0) is 20.9 Å². The van der Waals surface area contributed by atoms with Gasteiger partial charge in [0.15, 0.2) is 0 Å². The van der Waals surface area contributed by atoms with Gasteiger partial charge in [-0.3, -0.25) is 0 Å². The molecule has 0 aliphatic rings. The second-order valence-corrected chi connectivity index (χ2v) is 0. The van der Waals surface area contributed by atoms with Gasteiger partial charge in [-0.2, -0.15) is 27.8 Å². The summed E-state index contributed by atoms with van der Waals surface area (Å²) in [5, 5.41) is 0. The molecule has 0 radical (unpaired) electrons. The van der Waals surface area contributed by atoms with E-state index in [0.29, 0.717) is 20.9 Å². The first-order chi connectivity index (χ1) is 5.00. The van der Waals surface area contributed by atoms with Gasteiger partial charge in [0.2, 0.25) is 0 Å². The Morgan fingerprint density at radius 3 is 0.800 bits per heavy atom. The van der Waals surface area contributed by atoms with E-state index in [-0.39, 0.29) is 0 Å². The molecule has 0 fully saturated rings. The molecule has 10 heavy (non-hydrogen) atoms. The van der Waals surface area contributed by atoms with Crippen molar-refractivity contribution in [3.63, 3.8) is 0 Å². The Balaban J connectivity index is -0.0000000104. The summed E-state index contributed by atoms with van der Waals surface area (Å²) in [5.41, 5.74) is 5.75. The van der Waals surface area contributed by atoms with Crippen LogP contribution in [0, 0.1) is 24.5 Å². The summed E-state index contributed by atoms with van der Waals surface area (Å²) < 4.78 is 5.86. The number of nitrogens with one attached hydrogen (secondary N) is 2. The van der Waals surface area contributed by atoms with Crippen LogP contribution in [0.25, 0.3) is 5.73 Å². The van der Waals surface area contributed by atoms with Crippen LogP contribution in [0.5, 0.6) is 0 Å². The number of hydrogen-bond acceptors (Lipinski definition) is 1. The minimum atomic E-state index is 0.694. The third-order valence-corrected chi connectivity index (χ3v) is 0. The van der Waals surface area contributed by atoms with Gasteiger partial charge in [0.1, 0.15) is 0 Å². The van der Waals surface area contributed by atoms with Crippen molar-refractivity contribution in [3.8, 4) is 0 Å². The minimum absolute atomic E-state index is 0.694. The van der Waals surface area contributed by atoms with Crippen molar-refractivity contribution in [2.24, 2.45) is 0 Å². The third-order valence-electron chi connectivity index (χ3n) is 0. The molecule has 0 rings (SSSR count). The second kappa shape index (κ2) is 2740. The van der Waals surface area contributed by atoms with Crippen LogP contribution < -0.4 is 0 Å². The first kappa shape index (κ1) is 31.3. The van der Waals surface area contributed by atoms with Crippen LogP contribution in [0.3, 0.4) is 0 Å². The fourth-order valence-electron chi connectivity index (χ4n) is 0. The monoisotopic (exact) mass is 313 g/mol. The first-order valence-corrected chi connectivity index (χ1v) is 4.45. The molecule has 0 saturated heterocycles. The molecule has 2 N–H and O–H groups in total. The molecule has 0 spiro atoms. The van der Waals surface area contributed by atoms with Crippen molar-refractivity contribution in [1.82, 2.24) is 0 Å². The summed E-state index contributed by atoms with van der Waals surface area (Å²) in [6.45, 7) is 15.0. The van der Waals surface area contributed by atoms with E-state index in [1.165, 1.54) is 7.05 Å². The maximum atomic E-state index is 5.86. The third kappa shape index (κ3) is 1910. The van der Waals surface area contributed by atoms with Crippen LogP contribution in [0.4, 0.5) is 0 Å². The Morgan fingerprint density at radius 1 is 0.800 bits per heavy atom. The standard InChI is InChI=1S/3C2H5.CH4N.HN.Ta/c4*1-2;;/h3*1H2,2H3;2H,1H3;1H;/q4*-1;;. The van der Waals surface area contributed by atoms with Gasteiger partial charge in [-0.25, -0.2) is 0 Å². The zero-order chi connectivity index (χ0) is 10.0. The molecule has 0 aromatic rings. The van der Waals surface area contributed by atoms with Crippen molar-refractivity contribution in [2.45, 2.75) is 20.8 Å². The predicted octanol–water partition coefficient (Wildman–Crippen LogP) is 3.49. The Labute approximate surface area is 79.2 Å². The van der Waals surface area contributed by atoms with Crippen LogP contribution >= 0.6 is 0 Å². The van der Waals surface area contributed by atoms with Crippen LogP contribution in [0.2, 0.25) is 0 Å². The number of hydrogen-bond donors (Lipinski definition) is 1. The molecule has 0 atom stereocenters. The van der Waals surface area contributed by atoms with Gasteiger partial charge < -0.3 is 26.5 Å². The number of rotatable bonds is 0. The summed E-state index contributed by atoms with van der Waals surface area (Å²) in [4.78, 5) is 0. The van der Waals surface area contributed by atoms with E-state index in [9.17, 15) is 0 Å². The van der Waals surface area contributed by atoms with Crippen molar-refractivity contribution in [3.05, 3.63) is 26.5 Å².